The summed E-state index contributed by atoms with van der Waals surface area (Å²) in [7, 11) is -1.70. The van der Waals surface area contributed by atoms with E-state index >= 15 is 0 Å². The van der Waals surface area contributed by atoms with Crippen LogP contribution in [0.15, 0.2) is 72.9 Å². The monoisotopic (exact) mass is 278 g/mol. The predicted octanol–water partition coefficient (Wildman–Crippen LogP) is 2.69. The molecule has 0 N–H and O–H groups in total. The topological polar surface area (TPSA) is 17.8 Å². The van der Waals surface area contributed by atoms with Crippen LogP contribution in [-0.4, -0.2) is 17.9 Å². The molecule has 0 saturated heterocycles. The highest BCUT2D eigenvalue weighted by molar-refractivity contribution is 6.99. The number of benzene rings is 2. The van der Waals surface area contributed by atoms with Gasteiger partial charge < -0.3 is 0 Å². The van der Waals surface area contributed by atoms with Crippen LogP contribution in [0.25, 0.3) is 5.69 Å². The molecule has 0 amide bonds. The molecule has 0 aliphatic carbocycles. The molecule has 0 aliphatic rings. The second-order valence-corrected chi connectivity index (χ2v) is 9.81. The van der Waals surface area contributed by atoms with Crippen LogP contribution < -0.4 is 10.5 Å². The van der Waals surface area contributed by atoms with Crippen molar-refractivity contribution in [3.05, 3.63) is 72.9 Å². The van der Waals surface area contributed by atoms with Gasteiger partial charge in [0.1, 0.15) is 8.07 Å². The summed E-state index contributed by atoms with van der Waals surface area (Å²) in [5.74, 6) is 0. The van der Waals surface area contributed by atoms with Gasteiger partial charge in [0.25, 0.3) is 0 Å². The normalized spacial score (nSPS) is 11.5. The summed E-state index contributed by atoms with van der Waals surface area (Å²) in [4.78, 5) is 0. The van der Waals surface area contributed by atoms with E-state index in [1.807, 2.05) is 22.9 Å². The maximum Gasteiger partial charge on any atom is 0.137 e. The Morgan fingerprint density at radius 3 is 2.05 bits per heavy atom. The highest BCUT2D eigenvalue weighted by atomic mass is 28.3. The van der Waals surface area contributed by atoms with Gasteiger partial charge in [0, 0.05) is 6.20 Å². The third-order valence-electron chi connectivity index (χ3n) is 3.75. The molecule has 100 valence electrons. The van der Waals surface area contributed by atoms with Crippen molar-refractivity contribution in [3.63, 3.8) is 0 Å². The van der Waals surface area contributed by atoms with Crippen LogP contribution in [0.4, 0.5) is 0 Å². The molecule has 0 saturated carbocycles. The molecule has 1 aromatic heterocycles. The SMILES string of the molecule is C[Si](C)(c1ccccc1)c1ccn(-c2ccccc2)n1. The first-order chi connectivity index (χ1) is 9.68. The van der Waals surface area contributed by atoms with Crippen LogP contribution in [0.2, 0.25) is 13.1 Å². The minimum Gasteiger partial charge on any atom is -0.241 e. The molecule has 0 spiro atoms. The summed E-state index contributed by atoms with van der Waals surface area (Å²) in [5, 5.41) is 7.44. The molecule has 0 fully saturated rings. The Labute approximate surface area is 120 Å². The second-order valence-electron chi connectivity index (χ2n) is 5.47. The third kappa shape index (κ3) is 2.32. The van der Waals surface area contributed by atoms with Gasteiger partial charge in [-0.2, -0.15) is 5.10 Å². The van der Waals surface area contributed by atoms with E-state index in [4.69, 9.17) is 5.10 Å². The smallest absolute Gasteiger partial charge is 0.137 e. The molecule has 0 aliphatic heterocycles. The first kappa shape index (κ1) is 12.9. The fraction of sp³-hybridized carbons (Fsp3) is 0.118. The van der Waals surface area contributed by atoms with Crippen molar-refractivity contribution in [2.45, 2.75) is 13.1 Å². The molecule has 0 radical (unpaired) electrons. The van der Waals surface area contributed by atoms with Gasteiger partial charge in [-0.1, -0.05) is 66.8 Å². The van der Waals surface area contributed by atoms with Crippen molar-refractivity contribution >= 4 is 18.6 Å². The maximum atomic E-state index is 4.81. The highest BCUT2D eigenvalue weighted by Gasteiger charge is 2.28. The van der Waals surface area contributed by atoms with Crippen molar-refractivity contribution in [3.8, 4) is 5.69 Å². The summed E-state index contributed by atoms with van der Waals surface area (Å²) in [6.07, 6.45) is 2.06. The number of para-hydroxylation sites is 1. The van der Waals surface area contributed by atoms with E-state index in [1.54, 1.807) is 0 Å². The molecule has 3 rings (SSSR count). The Morgan fingerprint density at radius 2 is 1.40 bits per heavy atom. The number of aromatic nitrogens is 2. The average molecular weight is 278 g/mol. The van der Waals surface area contributed by atoms with Gasteiger partial charge >= 0.3 is 0 Å². The van der Waals surface area contributed by atoms with Gasteiger partial charge in [0.05, 0.1) is 11.0 Å². The molecule has 20 heavy (non-hydrogen) atoms. The van der Waals surface area contributed by atoms with Gasteiger partial charge in [-0.05, 0) is 18.2 Å². The number of hydrogen-bond donors (Lipinski definition) is 0. The van der Waals surface area contributed by atoms with Crippen LogP contribution in [0, 0.1) is 0 Å². The highest BCUT2D eigenvalue weighted by Crippen LogP contribution is 2.07. The van der Waals surface area contributed by atoms with Gasteiger partial charge in [-0.15, -0.1) is 0 Å². The molecule has 0 atom stereocenters. The Morgan fingerprint density at radius 1 is 0.800 bits per heavy atom. The lowest BCUT2D eigenvalue weighted by atomic mass is 10.3. The van der Waals surface area contributed by atoms with E-state index in [-0.39, 0.29) is 0 Å². The van der Waals surface area contributed by atoms with Gasteiger partial charge in [0.15, 0.2) is 0 Å². The summed E-state index contributed by atoms with van der Waals surface area (Å²) >= 11 is 0. The standard InChI is InChI=1S/C17H18N2Si/c1-20(2,16-11-7-4-8-12-16)17-13-14-19(18-17)15-9-5-3-6-10-15/h3-14H,1-2H3. The Kier molecular flexibility index (Phi) is 3.28. The zero-order valence-electron chi connectivity index (χ0n) is 11.8. The molecule has 2 aromatic carbocycles. The van der Waals surface area contributed by atoms with Crippen molar-refractivity contribution in [1.82, 2.24) is 9.78 Å². The molecule has 1 heterocycles. The van der Waals surface area contributed by atoms with Crippen molar-refractivity contribution < 1.29 is 0 Å². The molecule has 2 nitrogen and oxygen atoms in total. The van der Waals surface area contributed by atoms with Gasteiger partial charge in [-0.25, -0.2) is 4.68 Å². The summed E-state index contributed by atoms with van der Waals surface area (Å²) in [6.45, 7) is 4.69. The lowest BCUT2D eigenvalue weighted by Crippen LogP contribution is -2.53. The van der Waals surface area contributed by atoms with Gasteiger partial charge in [-0.3, -0.25) is 0 Å². The largest absolute Gasteiger partial charge is 0.241 e. The summed E-state index contributed by atoms with van der Waals surface area (Å²) in [5.41, 5.74) is 1.11. The molecular formula is C17H18N2Si. The molecule has 3 aromatic rings. The first-order valence-corrected chi connectivity index (χ1v) is 9.85. The Balaban J connectivity index is 1.98. The van der Waals surface area contributed by atoms with E-state index in [9.17, 15) is 0 Å². The maximum absolute atomic E-state index is 4.81. The van der Waals surface area contributed by atoms with E-state index in [0.717, 1.165) is 5.69 Å². The van der Waals surface area contributed by atoms with Crippen molar-refractivity contribution in [2.75, 3.05) is 0 Å². The van der Waals surface area contributed by atoms with Crippen LogP contribution in [0.3, 0.4) is 0 Å². The molecule has 0 unspecified atom stereocenters. The third-order valence-corrected chi connectivity index (χ3v) is 7.07. The Bertz CT molecular complexity index is 687. The van der Waals surface area contributed by atoms with E-state index < -0.39 is 8.07 Å². The lowest BCUT2D eigenvalue weighted by molar-refractivity contribution is 0.890. The minimum absolute atomic E-state index is 1.11. The van der Waals surface area contributed by atoms with Crippen LogP contribution in [0.5, 0.6) is 0 Å². The summed E-state index contributed by atoms with van der Waals surface area (Å²) < 4.78 is 1.97. The van der Waals surface area contributed by atoms with E-state index in [1.165, 1.54) is 10.5 Å². The first-order valence-electron chi connectivity index (χ1n) is 6.85. The Hall–Kier alpha value is -2.13. The lowest BCUT2D eigenvalue weighted by Gasteiger charge is -2.20. The summed E-state index contributed by atoms with van der Waals surface area (Å²) in [6, 6.07) is 23.1. The second kappa shape index (κ2) is 5.10. The number of nitrogens with zero attached hydrogens (tertiary/aromatic N) is 2. The number of rotatable bonds is 3. The van der Waals surface area contributed by atoms with E-state index in [2.05, 4.69) is 67.8 Å². The molecule has 0 bridgehead atoms. The van der Waals surface area contributed by atoms with Crippen LogP contribution in [0.1, 0.15) is 0 Å². The average Bonchev–Trinajstić information content (AvgIpc) is 3.00. The van der Waals surface area contributed by atoms with Crippen LogP contribution >= 0.6 is 0 Å². The van der Waals surface area contributed by atoms with Crippen molar-refractivity contribution in [1.29, 1.82) is 0 Å². The fourth-order valence-electron chi connectivity index (χ4n) is 2.38. The minimum atomic E-state index is -1.70. The molecule has 3 heteroatoms. The zero-order valence-corrected chi connectivity index (χ0v) is 12.8. The van der Waals surface area contributed by atoms with Crippen molar-refractivity contribution in [2.24, 2.45) is 0 Å². The number of hydrogen-bond acceptors (Lipinski definition) is 1. The predicted molar refractivity (Wildman–Crippen MR) is 86.8 cm³/mol. The zero-order chi connectivity index (χ0) is 14.0. The quantitative estimate of drug-likeness (QED) is 0.674. The van der Waals surface area contributed by atoms with Crippen LogP contribution in [-0.2, 0) is 0 Å². The van der Waals surface area contributed by atoms with E-state index in [0.29, 0.717) is 0 Å². The fourth-order valence-corrected chi connectivity index (χ4v) is 4.55. The molecular weight excluding hydrogens is 260 g/mol. The van der Waals surface area contributed by atoms with Gasteiger partial charge in [0.2, 0.25) is 0 Å².